The Hall–Kier alpha value is -1.46. The number of hydrogen-bond acceptors (Lipinski definition) is 3. The van der Waals surface area contributed by atoms with Gasteiger partial charge in [-0.25, -0.2) is 0 Å². The monoisotopic (exact) mass is 277 g/mol. The van der Waals surface area contributed by atoms with Crippen molar-refractivity contribution in [3.63, 3.8) is 0 Å². The largest absolute Gasteiger partial charge is 0.387 e. The molecule has 0 unspecified atom stereocenters. The number of H-pyrrole nitrogens is 1. The van der Waals surface area contributed by atoms with Gasteiger partial charge in [-0.1, -0.05) is 12.1 Å². The van der Waals surface area contributed by atoms with Crippen molar-refractivity contribution < 1.29 is 9.50 Å². The summed E-state index contributed by atoms with van der Waals surface area (Å²) in [6.07, 6.45) is 1.73. The molecule has 0 bridgehead atoms. The van der Waals surface area contributed by atoms with Crippen LogP contribution in [0.4, 0.5) is 4.39 Å². The van der Waals surface area contributed by atoms with Crippen LogP contribution in [-0.2, 0) is 0 Å². The van der Waals surface area contributed by atoms with Crippen LogP contribution in [0.25, 0.3) is 10.9 Å². The van der Waals surface area contributed by atoms with Gasteiger partial charge in [0, 0.05) is 12.1 Å². The molecule has 108 valence electrons. The molecule has 0 radical (unpaired) electrons. The number of aromatic nitrogens is 2. The van der Waals surface area contributed by atoms with Crippen molar-refractivity contribution >= 4 is 10.9 Å². The molecule has 0 aliphatic heterocycles. The lowest BCUT2D eigenvalue weighted by Crippen LogP contribution is -2.43. The van der Waals surface area contributed by atoms with E-state index in [1.165, 1.54) is 12.8 Å². The molecule has 0 amide bonds. The third-order valence-electron chi connectivity index (χ3n) is 4.28. The normalized spacial score (nSPS) is 17.6. The fraction of sp³-hybridized carbons (Fsp3) is 0.533. The fourth-order valence-electron chi connectivity index (χ4n) is 2.75. The van der Waals surface area contributed by atoms with Gasteiger partial charge in [0.25, 0.3) is 0 Å². The number of nitrogens with zero attached hydrogens (tertiary/aromatic N) is 1. The number of rotatable bonds is 5. The van der Waals surface area contributed by atoms with Crippen molar-refractivity contribution in [3.8, 4) is 0 Å². The van der Waals surface area contributed by atoms with E-state index in [1.54, 1.807) is 18.2 Å². The van der Waals surface area contributed by atoms with Gasteiger partial charge in [0.2, 0.25) is 5.95 Å². The van der Waals surface area contributed by atoms with Gasteiger partial charge in [0.1, 0.15) is 0 Å². The second kappa shape index (κ2) is 4.82. The van der Waals surface area contributed by atoms with E-state index in [1.807, 2.05) is 0 Å². The first-order chi connectivity index (χ1) is 9.49. The minimum atomic E-state index is -0.746. The zero-order chi connectivity index (χ0) is 14.3. The second-order valence-corrected chi connectivity index (χ2v) is 6.17. The average molecular weight is 277 g/mol. The molecule has 1 fully saturated rings. The van der Waals surface area contributed by atoms with E-state index >= 15 is 0 Å². The Bertz CT molecular complexity index is 619. The van der Waals surface area contributed by atoms with Gasteiger partial charge in [-0.2, -0.15) is 9.49 Å². The van der Waals surface area contributed by atoms with Crippen molar-refractivity contribution in [2.24, 2.45) is 5.92 Å². The molecule has 3 N–H and O–H groups in total. The summed E-state index contributed by atoms with van der Waals surface area (Å²) in [4.78, 5) is 0. The highest BCUT2D eigenvalue weighted by Crippen LogP contribution is 2.39. The van der Waals surface area contributed by atoms with Crippen LogP contribution in [0.2, 0.25) is 0 Å². The summed E-state index contributed by atoms with van der Waals surface area (Å²) in [5.41, 5.74) is 1.14. The average Bonchev–Trinajstić information content (AvgIpc) is 3.22. The molecule has 0 saturated heterocycles. The van der Waals surface area contributed by atoms with Crippen LogP contribution >= 0.6 is 0 Å². The number of halogens is 1. The Morgan fingerprint density at radius 1 is 1.50 bits per heavy atom. The fourth-order valence-corrected chi connectivity index (χ4v) is 2.75. The number of benzene rings is 1. The Kier molecular flexibility index (Phi) is 3.26. The van der Waals surface area contributed by atoms with Crippen LogP contribution in [0.3, 0.4) is 0 Å². The SMILES string of the molecule is CC(C)(NC[C@H](O)c1cccc2n[nH]c(F)c12)C1CC1. The van der Waals surface area contributed by atoms with Crippen LogP contribution in [0.1, 0.15) is 38.4 Å². The van der Waals surface area contributed by atoms with E-state index in [0.717, 1.165) is 0 Å². The molecule has 4 nitrogen and oxygen atoms in total. The molecule has 1 heterocycles. The van der Waals surface area contributed by atoms with Crippen molar-refractivity contribution in [1.82, 2.24) is 15.5 Å². The second-order valence-electron chi connectivity index (χ2n) is 6.17. The maximum absolute atomic E-state index is 13.7. The van der Waals surface area contributed by atoms with E-state index < -0.39 is 12.1 Å². The van der Waals surface area contributed by atoms with Gasteiger partial charge in [-0.05, 0) is 44.2 Å². The summed E-state index contributed by atoms with van der Waals surface area (Å²) in [5.74, 6) is 0.187. The molecule has 1 aromatic carbocycles. The standard InChI is InChI=1S/C15H20FN3O/c1-15(2,9-6-7-9)17-8-12(20)10-4-3-5-11-13(10)14(16)19-18-11/h3-5,9,12,17,20H,6-8H2,1-2H3,(H,18,19)/t12-/m0/s1. The quantitative estimate of drug-likeness (QED) is 0.787. The van der Waals surface area contributed by atoms with Gasteiger partial charge < -0.3 is 10.4 Å². The first-order valence-electron chi connectivity index (χ1n) is 7.04. The van der Waals surface area contributed by atoms with E-state index in [9.17, 15) is 9.50 Å². The highest BCUT2D eigenvalue weighted by molar-refractivity contribution is 5.82. The molecular weight excluding hydrogens is 257 g/mol. The number of aliphatic hydroxyl groups is 1. The van der Waals surface area contributed by atoms with Crippen LogP contribution in [0.5, 0.6) is 0 Å². The van der Waals surface area contributed by atoms with Gasteiger partial charge >= 0.3 is 0 Å². The summed E-state index contributed by atoms with van der Waals surface area (Å²) in [6, 6.07) is 5.26. The summed E-state index contributed by atoms with van der Waals surface area (Å²) in [5, 5.41) is 20.3. The number of nitrogens with one attached hydrogen (secondary N) is 2. The molecule has 20 heavy (non-hydrogen) atoms. The third kappa shape index (κ3) is 2.43. The summed E-state index contributed by atoms with van der Waals surface area (Å²) >= 11 is 0. The van der Waals surface area contributed by atoms with Crippen LogP contribution in [-0.4, -0.2) is 27.4 Å². The highest BCUT2D eigenvalue weighted by Gasteiger charge is 2.37. The Morgan fingerprint density at radius 3 is 2.95 bits per heavy atom. The first-order valence-corrected chi connectivity index (χ1v) is 7.04. The van der Waals surface area contributed by atoms with E-state index in [0.29, 0.717) is 28.9 Å². The summed E-state index contributed by atoms with van der Waals surface area (Å²) < 4.78 is 13.7. The van der Waals surface area contributed by atoms with Crippen molar-refractivity contribution in [3.05, 3.63) is 29.7 Å². The van der Waals surface area contributed by atoms with Crippen molar-refractivity contribution in [1.29, 1.82) is 0 Å². The van der Waals surface area contributed by atoms with E-state index in [2.05, 4.69) is 29.4 Å². The predicted octanol–water partition coefficient (Wildman–Crippen LogP) is 2.51. The molecule has 5 heteroatoms. The number of aromatic amines is 1. The van der Waals surface area contributed by atoms with E-state index in [4.69, 9.17) is 0 Å². The Balaban J connectivity index is 1.78. The molecule has 1 aliphatic rings. The first kappa shape index (κ1) is 13.5. The molecule has 1 aliphatic carbocycles. The van der Waals surface area contributed by atoms with Gasteiger partial charge in [-0.3, -0.25) is 5.10 Å². The lowest BCUT2D eigenvalue weighted by Gasteiger charge is -2.28. The lowest BCUT2D eigenvalue weighted by atomic mass is 9.97. The number of fused-ring (bicyclic) bond motifs is 1. The van der Waals surface area contributed by atoms with Gasteiger partial charge in [0.05, 0.1) is 17.0 Å². The van der Waals surface area contributed by atoms with Gasteiger partial charge in [0.15, 0.2) is 0 Å². The predicted molar refractivity (Wildman–Crippen MR) is 75.8 cm³/mol. The molecular formula is C15H20FN3O. The smallest absolute Gasteiger partial charge is 0.217 e. The lowest BCUT2D eigenvalue weighted by molar-refractivity contribution is 0.158. The minimum Gasteiger partial charge on any atom is -0.387 e. The number of β-amino-alcohol motifs (C(OH)–C–C–N with tert-alkyl or cyclic N) is 1. The number of hydrogen-bond donors (Lipinski definition) is 3. The zero-order valence-electron chi connectivity index (χ0n) is 11.8. The molecule has 0 spiro atoms. The summed E-state index contributed by atoms with van der Waals surface area (Å²) in [7, 11) is 0. The summed E-state index contributed by atoms with van der Waals surface area (Å²) in [6.45, 7) is 4.71. The third-order valence-corrected chi connectivity index (χ3v) is 4.28. The molecule has 1 saturated carbocycles. The number of aliphatic hydroxyl groups excluding tert-OH is 1. The molecule has 1 atom stereocenters. The van der Waals surface area contributed by atoms with Crippen LogP contribution in [0.15, 0.2) is 18.2 Å². The Labute approximate surface area is 117 Å². The van der Waals surface area contributed by atoms with Crippen molar-refractivity contribution in [2.75, 3.05) is 6.54 Å². The van der Waals surface area contributed by atoms with Gasteiger partial charge in [-0.15, -0.1) is 0 Å². The van der Waals surface area contributed by atoms with Crippen LogP contribution in [0, 0.1) is 11.9 Å². The zero-order valence-corrected chi connectivity index (χ0v) is 11.8. The highest BCUT2D eigenvalue weighted by atomic mass is 19.1. The van der Waals surface area contributed by atoms with Crippen molar-refractivity contribution in [2.45, 2.75) is 38.3 Å². The molecule has 1 aromatic heterocycles. The topological polar surface area (TPSA) is 60.9 Å². The van der Waals surface area contributed by atoms with E-state index in [-0.39, 0.29) is 5.54 Å². The Morgan fingerprint density at radius 2 is 2.25 bits per heavy atom. The molecule has 3 rings (SSSR count). The maximum atomic E-state index is 13.7. The maximum Gasteiger partial charge on any atom is 0.217 e. The van der Waals surface area contributed by atoms with Crippen LogP contribution < -0.4 is 5.32 Å². The minimum absolute atomic E-state index is 0.0177. The molecule has 2 aromatic rings.